The zero-order valence-electron chi connectivity index (χ0n) is 15.8. The zero-order chi connectivity index (χ0) is 20.5. The van der Waals surface area contributed by atoms with Crippen LogP contribution in [-0.2, 0) is 10.0 Å². The van der Waals surface area contributed by atoms with Gasteiger partial charge in [-0.2, -0.15) is 0 Å². The van der Waals surface area contributed by atoms with Crippen molar-refractivity contribution in [3.63, 3.8) is 0 Å². The SMILES string of the molecule is C[C@H](NC(=O)c1cc(S(=O)(=O)N(C)C)ccc1Cl)c1ccc2ccccc2c1. The Bertz CT molecular complexity index is 1140. The van der Waals surface area contributed by atoms with Crippen molar-refractivity contribution in [3.8, 4) is 0 Å². The van der Waals surface area contributed by atoms with Gasteiger partial charge >= 0.3 is 0 Å². The first-order chi connectivity index (χ1) is 13.2. The molecule has 0 unspecified atom stereocenters. The second kappa shape index (κ2) is 7.91. The number of rotatable bonds is 5. The molecule has 0 aliphatic rings. The summed E-state index contributed by atoms with van der Waals surface area (Å²) >= 11 is 6.16. The summed E-state index contributed by atoms with van der Waals surface area (Å²) in [4.78, 5) is 12.8. The van der Waals surface area contributed by atoms with Gasteiger partial charge in [-0.05, 0) is 47.5 Å². The first-order valence-corrected chi connectivity index (χ1v) is 10.5. The lowest BCUT2D eigenvalue weighted by Gasteiger charge is -2.17. The van der Waals surface area contributed by atoms with Crippen LogP contribution in [0.3, 0.4) is 0 Å². The number of nitrogens with zero attached hydrogens (tertiary/aromatic N) is 1. The lowest BCUT2D eigenvalue weighted by molar-refractivity contribution is 0.0940. The van der Waals surface area contributed by atoms with Crippen molar-refractivity contribution in [2.24, 2.45) is 0 Å². The molecule has 1 atom stereocenters. The lowest BCUT2D eigenvalue weighted by atomic mass is 10.0. The van der Waals surface area contributed by atoms with E-state index in [0.29, 0.717) is 0 Å². The van der Waals surface area contributed by atoms with Gasteiger partial charge in [-0.25, -0.2) is 12.7 Å². The number of halogens is 1. The van der Waals surface area contributed by atoms with E-state index in [-0.39, 0.29) is 21.5 Å². The molecule has 0 fully saturated rings. The Kier molecular flexibility index (Phi) is 5.74. The minimum atomic E-state index is -3.66. The average molecular weight is 417 g/mol. The lowest BCUT2D eigenvalue weighted by Crippen LogP contribution is -2.28. The highest BCUT2D eigenvalue weighted by atomic mass is 35.5. The Balaban J connectivity index is 1.87. The Morgan fingerprint density at radius 3 is 2.36 bits per heavy atom. The summed E-state index contributed by atoms with van der Waals surface area (Å²) in [5, 5.41) is 5.29. The third-order valence-electron chi connectivity index (χ3n) is 4.58. The fourth-order valence-electron chi connectivity index (χ4n) is 2.88. The molecule has 3 aromatic carbocycles. The molecule has 0 saturated heterocycles. The zero-order valence-corrected chi connectivity index (χ0v) is 17.4. The van der Waals surface area contributed by atoms with E-state index in [2.05, 4.69) is 5.32 Å². The van der Waals surface area contributed by atoms with E-state index in [1.54, 1.807) is 0 Å². The molecule has 0 heterocycles. The minimum Gasteiger partial charge on any atom is -0.345 e. The van der Waals surface area contributed by atoms with Gasteiger partial charge in [0.2, 0.25) is 10.0 Å². The molecular formula is C21H21ClN2O3S. The van der Waals surface area contributed by atoms with E-state index >= 15 is 0 Å². The normalized spacial score (nSPS) is 12.9. The minimum absolute atomic E-state index is 0.0189. The Labute approximate surface area is 170 Å². The van der Waals surface area contributed by atoms with Gasteiger partial charge in [-0.1, -0.05) is 48.0 Å². The Hall–Kier alpha value is -2.41. The molecular weight excluding hydrogens is 396 g/mol. The smallest absolute Gasteiger partial charge is 0.253 e. The van der Waals surface area contributed by atoms with Gasteiger partial charge in [0, 0.05) is 14.1 Å². The van der Waals surface area contributed by atoms with Crippen LogP contribution in [-0.4, -0.2) is 32.7 Å². The summed E-state index contributed by atoms with van der Waals surface area (Å²) in [6.45, 7) is 1.87. The number of hydrogen-bond donors (Lipinski definition) is 1. The van der Waals surface area contributed by atoms with Gasteiger partial charge in [-0.15, -0.1) is 0 Å². The number of carbonyl (C=O) groups excluding carboxylic acids is 1. The van der Waals surface area contributed by atoms with Crippen LogP contribution in [0.4, 0.5) is 0 Å². The topological polar surface area (TPSA) is 66.5 Å². The number of nitrogens with one attached hydrogen (secondary N) is 1. The molecule has 1 N–H and O–H groups in total. The van der Waals surface area contributed by atoms with Gasteiger partial charge < -0.3 is 5.32 Å². The summed E-state index contributed by atoms with van der Waals surface area (Å²) in [6, 6.07) is 17.8. The molecule has 3 aromatic rings. The molecule has 0 bridgehead atoms. The van der Waals surface area contributed by atoms with Crippen LogP contribution < -0.4 is 5.32 Å². The molecule has 0 aliphatic heterocycles. The molecule has 0 radical (unpaired) electrons. The number of benzene rings is 3. The van der Waals surface area contributed by atoms with E-state index in [9.17, 15) is 13.2 Å². The third-order valence-corrected chi connectivity index (χ3v) is 6.72. The molecule has 1 amide bonds. The van der Waals surface area contributed by atoms with E-state index in [1.165, 1.54) is 32.3 Å². The van der Waals surface area contributed by atoms with Gasteiger partial charge in [0.15, 0.2) is 0 Å². The maximum atomic E-state index is 12.8. The van der Waals surface area contributed by atoms with Crippen LogP contribution in [0, 0.1) is 0 Å². The maximum Gasteiger partial charge on any atom is 0.253 e. The molecule has 3 rings (SSSR count). The summed E-state index contributed by atoms with van der Waals surface area (Å²) < 4.78 is 25.8. The summed E-state index contributed by atoms with van der Waals surface area (Å²) in [5.74, 6) is -0.429. The van der Waals surface area contributed by atoms with Crippen molar-refractivity contribution in [1.29, 1.82) is 0 Å². The van der Waals surface area contributed by atoms with Crippen molar-refractivity contribution >= 4 is 38.3 Å². The fraction of sp³-hybridized carbons (Fsp3) is 0.190. The van der Waals surface area contributed by atoms with E-state index in [4.69, 9.17) is 11.6 Å². The number of hydrogen-bond acceptors (Lipinski definition) is 3. The summed E-state index contributed by atoms with van der Waals surface area (Å²) in [5.41, 5.74) is 1.07. The van der Waals surface area contributed by atoms with Crippen LogP contribution >= 0.6 is 11.6 Å². The highest BCUT2D eigenvalue weighted by Gasteiger charge is 2.21. The molecule has 7 heteroatoms. The van der Waals surface area contributed by atoms with Crippen molar-refractivity contribution in [3.05, 3.63) is 76.8 Å². The first kappa shape index (κ1) is 20.3. The molecule has 0 aliphatic carbocycles. The van der Waals surface area contributed by atoms with Crippen molar-refractivity contribution < 1.29 is 13.2 Å². The molecule has 0 saturated carbocycles. The van der Waals surface area contributed by atoms with Crippen LogP contribution in [0.2, 0.25) is 5.02 Å². The van der Waals surface area contributed by atoms with E-state index < -0.39 is 15.9 Å². The van der Waals surface area contributed by atoms with Crippen LogP contribution in [0.5, 0.6) is 0 Å². The van der Waals surface area contributed by atoms with Gasteiger partial charge in [0.25, 0.3) is 5.91 Å². The standard InChI is InChI=1S/C21H21ClN2O3S/c1-14(16-9-8-15-6-4-5-7-17(15)12-16)23-21(25)19-13-18(10-11-20(19)22)28(26,27)24(2)3/h4-14H,1-3H3,(H,23,25)/t14-/m0/s1. The second-order valence-electron chi connectivity index (χ2n) is 6.73. The van der Waals surface area contributed by atoms with E-state index in [1.807, 2.05) is 49.4 Å². The molecule has 0 aromatic heterocycles. The molecule has 5 nitrogen and oxygen atoms in total. The van der Waals surface area contributed by atoms with Crippen LogP contribution in [0.25, 0.3) is 10.8 Å². The number of amides is 1. The monoisotopic (exact) mass is 416 g/mol. The van der Waals surface area contributed by atoms with Gasteiger partial charge in [0.1, 0.15) is 0 Å². The van der Waals surface area contributed by atoms with Crippen molar-refractivity contribution in [2.75, 3.05) is 14.1 Å². The predicted octanol–water partition coefficient (Wildman–Crippen LogP) is 4.23. The maximum absolute atomic E-state index is 12.8. The van der Waals surface area contributed by atoms with Crippen LogP contribution in [0.15, 0.2) is 65.6 Å². The first-order valence-electron chi connectivity index (χ1n) is 8.72. The number of carbonyl (C=O) groups is 1. The largest absolute Gasteiger partial charge is 0.345 e. The third kappa shape index (κ3) is 4.04. The summed E-state index contributed by atoms with van der Waals surface area (Å²) in [6.07, 6.45) is 0. The predicted molar refractivity (Wildman–Crippen MR) is 112 cm³/mol. The van der Waals surface area contributed by atoms with Crippen molar-refractivity contribution in [2.45, 2.75) is 17.9 Å². The molecule has 28 heavy (non-hydrogen) atoms. The highest BCUT2D eigenvalue weighted by molar-refractivity contribution is 7.89. The van der Waals surface area contributed by atoms with Gasteiger partial charge in [0.05, 0.1) is 21.5 Å². The van der Waals surface area contributed by atoms with Crippen molar-refractivity contribution in [1.82, 2.24) is 9.62 Å². The highest BCUT2D eigenvalue weighted by Crippen LogP contribution is 2.24. The Morgan fingerprint density at radius 2 is 1.68 bits per heavy atom. The van der Waals surface area contributed by atoms with Crippen LogP contribution in [0.1, 0.15) is 28.9 Å². The summed E-state index contributed by atoms with van der Waals surface area (Å²) in [7, 11) is -0.788. The quantitative estimate of drug-likeness (QED) is 0.676. The van der Waals surface area contributed by atoms with Gasteiger partial charge in [-0.3, -0.25) is 4.79 Å². The second-order valence-corrected chi connectivity index (χ2v) is 9.29. The Morgan fingerprint density at radius 1 is 1.00 bits per heavy atom. The molecule has 146 valence electrons. The molecule has 0 spiro atoms. The fourth-order valence-corrected chi connectivity index (χ4v) is 4.02. The number of fused-ring (bicyclic) bond motifs is 1. The number of sulfonamides is 1. The average Bonchev–Trinajstić information content (AvgIpc) is 2.67. The van der Waals surface area contributed by atoms with E-state index in [0.717, 1.165) is 20.6 Å².